The summed E-state index contributed by atoms with van der Waals surface area (Å²) in [5.41, 5.74) is 0.0257. The summed E-state index contributed by atoms with van der Waals surface area (Å²) in [5, 5.41) is 35.7. The van der Waals surface area contributed by atoms with Gasteiger partial charge in [-0.3, -0.25) is 4.79 Å². The van der Waals surface area contributed by atoms with Crippen LogP contribution in [0.15, 0.2) is 11.6 Å². The van der Waals surface area contributed by atoms with Crippen molar-refractivity contribution in [3.05, 3.63) is 11.6 Å². The van der Waals surface area contributed by atoms with E-state index in [1.807, 2.05) is 0 Å². The Hall–Kier alpha value is -0.750. The first-order valence-corrected chi connectivity index (χ1v) is 3.47. The fourth-order valence-corrected chi connectivity index (χ4v) is 1.05. The minimum Gasteiger partial charge on any atom is -0.392 e. The average molecular weight is 175 g/mol. The molecule has 5 heteroatoms. The molecular formula is C7H10O5. The van der Waals surface area contributed by atoms with E-state index >= 15 is 0 Å². The molecule has 0 amide bonds. The number of hydrogen-bond donors (Lipinski definition) is 4. The monoisotopic (exact) mass is 175 g/mol. The molecule has 0 spiro atoms. The van der Waals surface area contributed by atoms with E-state index in [1.165, 1.54) is 0 Å². The highest BCUT2D eigenvalue weighted by molar-refractivity contribution is 5.95. The Balaban J connectivity index is 2.91. The highest BCUT2D eigenvalue weighted by atomic mass is 16.4. The van der Waals surface area contributed by atoms with Crippen molar-refractivity contribution >= 4 is 5.78 Å². The third-order valence-corrected chi connectivity index (χ3v) is 1.83. The van der Waals surface area contributed by atoms with Gasteiger partial charge in [-0.25, -0.2) is 0 Å². The van der Waals surface area contributed by atoms with Crippen molar-refractivity contribution in [1.82, 2.24) is 0 Å². The fraction of sp³-hybridized carbons (Fsp3) is 0.571. The van der Waals surface area contributed by atoms with Crippen molar-refractivity contribution < 1.29 is 25.2 Å². The molecule has 1 rings (SSSR count). The van der Waals surface area contributed by atoms with E-state index in [-0.39, 0.29) is 5.57 Å². The Morgan fingerprint density at radius 2 is 1.83 bits per heavy atom. The average Bonchev–Trinajstić information content (AvgIpc) is 2.08. The molecule has 0 aromatic carbocycles. The predicted octanol–water partition coefficient (Wildman–Crippen LogP) is -2.43. The lowest BCUT2D eigenvalue weighted by Crippen LogP contribution is -2.46. The van der Waals surface area contributed by atoms with E-state index in [2.05, 4.69) is 0 Å². The molecule has 4 N–H and O–H groups in total. The standard InChI is InChI=1S/C7H10O5/c8-2-3-1-4(9)6(11)7(12)5(3)10/h1,5-8,10-12H,2H2/t5-,6+,7+/m1/s1/i4+1. The molecule has 5 nitrogen and oxygen atoms in total. The van der Waals surface area contributed by atoms with Crippen molar-refractivity contribution in [2.75, 3.05) is 6.61 Å². The zero-order valence-corrected chi connectivity index (χ0v) is 6.21. The first kappa shape index (κ1) is 9.34. The molecule has 1 aliphatic rings. The minimum atomic E-state index is -1.59. The maximum Gasteiger partial charge on any atom is 0.187 e. The van der Waals surface area contributed by atoms with Crippen molar-refractivity contribution in [2.45, 2.75) is 18.3 Å². The summed E-state index contributed by atoms with van der Waals surface area (Å²) in [4.78, 5) is 10.8. The summed E-state index contributed by atoms with van der Waals surface area (Å²) in [5.74, 6) is -0.697. The van der Waals surface area contributed by atoms with Crippen LogP contribution in [-0.2, 0) is 4.79 Å². The number of ketones is 1. The van der Waals surface area contributed by atoms with Crippen molar-refractivity contribution in [3.8, 4) is 0 Å². The van der Waals surface area contributed by atoms with Gasteiger partial charge in [0.05, 0.1) is 6.61 Å². The Morgan fingerprint density at radius 1 is 1.25 bits per heavy atom. The topological polar surface area (TPSA) is 98.0 Å². The zero-order chi connectivity index (χ0) is 9.30. The first-order valence-electron chi connectivity index (χ1n) is 3.47. The molecule has 0 aromatic rings. The van der Waals surface area contributed by atoms with Gasteiger partial charge in [0.15, 0.2) is 5.78 Å². The first-order chi connectivity index (χ1) is 5.57. The van der Waals surface area contributed by atoms with Crippen molar-refractivity contribution in [3.63, 3.8) is 0 Å². The Bertz CT molecular complexity index is 222. The molecule has 0 radical (unpaired) electrons. The number of hydrogen-bond acceptors (Lipinski definition) is 5. The van der Waals surface area contributed by atoms with Gasteiger partial charge in [-0.1, -0.05) is 0 Å². The third-order valence-electron chi connectivity index (χ3n) is 1.83. The van der Waals surface area contributed by atoms with Crippen LogP contribution in [0, 0.1) is 0 Å². The van der Waals surface area contributed by atoms with Crippen LogP contribution in [-0.4, -0.2) is 51.1 Å². The number of aliphatic hydroxyl groups excluding tert-OH is 4. The molecule has 0 fully saturated rings. The van der Waals surface area contributed by atoms with E-state index in [9.17, 15) is 4.79 Å². The smallest absolute Gasteiger partial charge is 0.187 e. The quantitative estimate of drug-likeness (QED) is 0.332. The summed E-state index contributed by atoms with van der Waals surface area (Å²) in [7, 11) is 0. The molecule has 0 bridgehead atoms. The maximum absolute atomic E-state index is 10.8. The highest BCUT2D eigenvalue weighted by Crippen LogP contribution is 2.16. The van der Waals surface area contributed by atoms with Crippen LogP contribution in [0.4, 0.5) is 0 Å². The largest absolute Gasteiger partial charge is 0.392 e. The summed E-state index contributed by atoms with van der Waals surface area (Å²) < 4.78 is 0. The normalized spacial score (nSPS) is 36.5. The van der Waals surface area contributed by atoms with Gasteiger partial charge in [0.25, 0.3) is 0 Å². The number of rotatable bonds is 1. The molecule has 1 aliphatic carbocycles. The summed E-state index contributed by atoms with van der Waals surface area (Å²) in [6, 6.07) is 0. The van der Waals surface area contributed by atoms with Crippen LogP contribution >= 0.6 is 0 Å². The van der Waals surface area contributed by atoms with E-state index in [0.717, 1.165) is 6.08 Å². The van der Waals surface area contributed by atoms with Crippen LogP contribution < -0.4 is 0 Å². The van der Waals surface area contributed by atoms with E-state index in [4.69, 9.17) is 20.4 Å². The summed E-state index contributed by atoms with van der Waals surface area (Å²) in [6.07, 6.45) is -3.54. The lowest BCUT2D eigenvalue weighted by atomic mass is 9.99. The molecule has 0 saturated heterocycles. The molecule has 68 valence electrons. The van der Waals surface area contributed by atoms with Gasteiger partial charge in [0.1, 0.15) is 18.3 Å². The van der Waals surface area contributed by atoms with Crippen molar-refractivity contribution in [1.29, 1.82) is 0 Å². The van der Waals surface area contributed by atoms with Gasteiger partial charge in [-0.15, -0.1) is 0 Å². The summed E-state index contributed by atoms with van der Waals surface area (Å²) in [6.45, 7) is -0.503. The van der Waals surface area contributed by atoms with E-state index < -0.39 is 30.7 Å². The van der Waals surface area contributed by atoms with Gasteiger partial charge < -0.3 is 20.4 Å². The van der Waals surface area contributed by atoms with Gasteiger partial charge in [0.2, 0.25) is 0 Å². The molecule has 0 saturated carbocycles. The van der Waals surface area contributed by atoms with Gasteiger partial charge in [0, 0.05) is 0 Å². The second-order valence-corrected chi connectivity index (χ2v) is 2.66. The lowest BCUT2D eigenvalue weighted by molar-refractivity contribution is -0.134. The van der Waals surface area contributed by atoms with Crippen LogP contribution in [0.5, 0.6) is 0 Å². The van der Waals surface area contributed by atoms with Crippen molar-refractivity contribution in [2.24, 2.45) is 0 Å². The lowest BCUT2D eigenvalue weighted by Gasteiger charge is -2.26. The second kappa shape index (κ2) is 3.32. The van der Waals surface area contributed by atoms with Crippen LogP contribution in [0.25, 0.3) is 0 Å². The number of carbonyl (C=O) groups excluding carboxylic acids is 1. The molecule has 3 atom stereocenters. The number of aliphatic hydroxyl groups is 4. The van der Waals surface area contributed by atoms with Crippen LogP contribution in [0.3, 0.4) is 0 Å². The molecular weight excluding hydrogens is 165 g/mol. The molecule has 0 unspecified atom stereocenters. The van der Waals surface area contributed by atoms with Crippen LogP contribution in [0.1, 0.15) is 0 Å². The Morgan fingerprint density at radius 3 is 2.33 bits per heavy atom. The second-order valence-electron chi connectivity index (χ2n) is 2.66. The van der Waals surface area contributed by atoms with Gasteiger partial charge >= 0.3 is 0 Å². The number of carbonyl (C=O) groups is 1. The molecule has 12 heavy (non-hydrogen) atoms. The fourth-order valence-electron chi connectivity index (χ4n) is 1.05. The van der Waals surface area contributed by atoms with E-state index in [1.54, 1.807) is 0 Å². The molecule has 0 aliphatic heterocycles. The Kier molecular flexibility index (Phi) is 2.58. The summed E-state index contributed by atoms with van der Waals surface area (Å²) >= 11 is 0. The SMILES string of the molecule is O=[13C]1C=C(CO)[C@@H](O)[C@H](O)[C@H]1O. The van der Waals surface area contributed by atoms with Gasteiger partial charge in [-0.05, 0) is 11.6 Å². The Labute approximate surface area is 68.6 Å². The van der Waals surface area contributed by atoms with Gasteiger partial charge in [-0.2, -0.15) is 0 Å². The minimum absolute atomic E-state index is 0.0257. The molecule has 0 heterocycles. The van der Waals surface area contributed by atoms with Crippen LogP contribution in [0.2, 0.25) is 0 Å². The predicted molar refractivity (Wildman–Crippen MR) is 38.2 cm³/mol. The highest BCUT2D eigenvalue weighted by Gasteiger charge is 2.35. The molecule has 0 aromatic heterocycles. The van der Waals surface area contributed by atoms with E-state index in [0.29, 0.717) is 0 Å². The third kappa shape index (κ3) is 1.39. The maximum atomic E-state index is 10.8. The zero-order valence-electron chi connectivity index (χ0n) is 6.21.